The third-order valence-corrected chi connectivity index (χ3v) is 4.13. The molecule has 1 aliphatic carbocycles. The quantitative estimate of drug-likeness (QED) is 0.237. The standard InChI is InChI=1S/C12H25O9P/c1-2-3-4-5-6-20-11-9(15)7(13)8(14)10(16)12(11)21-22(17,18)19/h7-16H,2-6H2,1H3,(H2,17,18,19)/t7-,8-,9+,10+,11+,12-/m0/s1. The van der Waals surface area contributed by atoms with Crippen molar-refractivity contribution in [2.45, 2.75) is 69.2 Å². The monoisotopic (exact) mass is 344 g/mol. The second kappa shape index (κ2) is 8.68. The Balaban J connectivity index is 2.74. The van der Waals surface area contributed by atoms with Crippen LogP contribution in [0, 0.1) is 0 Å². The molecule has 0 aromatic rings. The van der Waals surface area contributed by atoms with Gasteiger partial charge in [0.15, 0.2) is 0 Å². The van der Waals surface area contributed by atoms with Crippen molar-refractivity contribution in [3.8, 4) is 0 Å². The van der Waals surface area contributed by atoms with Crippen molar-refractivity contribution in [3.05, 3.63) is 0 Å². The molecule has 0 aliphatic heterocycles. The lowest BCUT2D eigenvalue weighted by Gasteiger charge is -2.43. The van der Waals surface area contributed by atoms with Gasteiger partial charge in [0.25, 0.3) is 0 Å². The first-order chi connectivity index (χ1) is 10.2. The Morgan fingerprint density at radius 1 is 0.864 bits per heavy atom. The molecule has 0 heterocycles. The molecule has 22 heavy (non-hydrogen) atoms. The summed E-state index contributed by atoms with van der Waals surface area (Å²) in [5, 5.41) is 39.0. The van der Waals surface area contributed by atoms with E-state index in [0.717, 1.165) is 19.3 Å². The van der Waals surface area contributed by atoms with E-state index in [0.29, 0.717) is 6.42 Å². The molecule has 1 fully saturated rings. The van der Waals surface area contributed by atoms with Gasteiger partial charge in [-0.25, -0.2) is 4.57 Å². The first kappa shape index (κ1) is 20.0. The van der Waals surface area contributed by atoms with Gasteiger partial charge >= 0.3 is 7.82 Å². The van der Waals surface area contributed by atoms with Crippen molar-refractivity contribution < 1.29 is 44.0 Å². The van der Waals surface area contributed by atoms with E-state index in [1.54, 1.807) is 0 Å². The maximum absolute atomic E-state index is 11.0. The predicted octanol–water partition coefficient (Wildman–Crippen LogP) is -1.11. The van der Waals surface area contributed by atoms with E-state index in [-0.39, 0.29) is 6.61 Å². The molecule has 6 N–H and O–H groups in total. The lowest BCUT2D eigenvalue weighted by Crippen LogP contribution is -2.64. The van der Waals surface area contributed by atoms with Crippen LogP contribution in [0.3, 0.4) is 0 Å². The number of hydrogen-bond acceptors (Lipinski definition) is 7. The van der Waals surface area contributed by atoms with Gasteiger partial charge in [0.2, 0.25) is 0 Å². The summed E-state index contributed by atoms with van der Waals surface area (Å²) < 4.78 is 20.8. The molecule has 1 saturated carbocycles. The second-order valence-electron chi connectivity index (χ2n) is 5.42. The van der Waals surface area contributed by atoms with Crippen LogP contribution in [0.5, 0.6) is 0 Å². The Hall–Kier alpha value is -0.0900. The average molecular weight is 344 g/mol. The van der Waals surface area contributed by atoms with E-state index < -0.39 is 44.4 Å². The Morgan fingerprint density at radius 3 is 1.91 bits per heavy atom. The molecule has 9 nitrogen and oxygen atoms in total. The van der Waals surface area contributed by atoms with Gasteiger partial charge in [-0.05, 0) is 6.42 Å². The minimum Gasteiger partial charge on any atom is -0.387 e. The molecule has 0 saturated heterocycles. The Labute approximate surface area is 128 Å². The highest BCUT2D eigenvalue weighted by Crippen LogP contribution is 2.42. The zero-order valence-electron chi connectivity index (χ0n) is 12.4. The molecular weight excluding hydrogens is 319 g/mol. The number of aliphatic hydroxyl groups is 4. The molecule has 1 aliphatic rings. The van der Waals surface area contributed by atoms with Crippen molar-refractivity contribution in [3.63, 3.8) is 0 Å². The minimum absolute atomic E-state index is 0.165. The number of rotatable bonds is 8. The van der Waals surface area contributed by atoms with Crippen molar-refractivity contribution in [1.82, 2.24) is 0 Å². The van der Waals surface area contributed by atoms with E-state index in [2.05, 4.69) is 4.52 Å². The van der Waals surface area contributed by atoms with Crippen LogP contribution in [-0.2, 0) is 13.8 Å². The number of phosphoric acid groups is 1. The fraction of sp³-hybridized carbons (Fsp3) is 1.00. The third kappa shape index (κ3) is 5.52. The van der Waals surface area contributed by atoms with Crippen molar-refractivity contribution in [2.24, 2.45) is 0 Å². The third-order valence-electron chi connectivity index (χ3n) is 3.61. The van der Waals surface area contributed by atoms with Crippen LogP contribution in [0.2, 0.25) is 0 Å². The van der Waals surface area contributed by atoms with E-state index in [1.807, 2.05) is 6.92 Å². The van der Waals surface area contributed by atoms with Gasteiger partial charge in [-0.1, -0.05) is 26.2 Å². The topological polar surface area (TPSA) is 157 Å². The highest BCUT2D eigenvalue weighted by molar-refractivity contribution is 7.46. The first-order valence-corrected chi connectivity index (χ1v) is 8.80. The van der Waals surface area contributed by atoms with Crippen LogP contribution in [0.25, 0.3) is 0 Å². The fourth-order valence-corrected chi connectivity index (χ4v) is 2.97. The van der Waals surface area contributed by atoms with Crippen molar-refractivity contribution >= 4 is 7.82 Å². The smallest absolute Gasteiger partial charge is 0.387 e. The zero-order valence-corrected chi connectivity index (χ0v) is 13.2. The van der Waals surface area contributed by atoms with Gasteiger partial charge in [-0.15, -0.1) is 0 Å². The summed E-state index contributed by atoms with van der Waals surface area (Å²) in [6.45, 7) is 2.20. The summed E-state index contributed by atoms with van der Waals surface area (Å²) >= 11 is 0. The van der Waals surface area contributed by atoms with Crippen molar-refractivity contribution in [2.75, 3.05) is 6.61 Å². The SMILES string of the molecule is CCCCCCO[C@@H]1[C@H](O)[C@@H](O)[C@H](O)[C@@H](O)[C@@H]1OP(=O)(O)O. The van der Waals surface area contributed by atoms with Crippen LogP contribution < -0.4 is 0 Å². The molecular formula is C12H25O9P. The zero-order chi connectivity index (χ0) is 16.9. The summed E-state index contributed by atoms with van der Waals surface area (Å²) in [6, 6.07) is 0. The van der Waals surface area contributed by atoms with Gasteiger partial charge < -0.3 is 34.9 Å². The molecule has 0 unspecified atom stereocenters. The van der Waals surface area contributed by atoms with Gasteiger partial charge in [-0.2, -0.15) is 0 Å². The second-order valence-corrected chi connectivity index (χ2v) is 6.61. The van der Waals surface area contributed by atoms with Crippen LogP contribution in [0.1, 0.15) is 32.6 Å². The van der Waals surface area contributed by atoms with Gasteiger partial charge in [-0.3, -0.25) is 4.52 Å². The summed E-state index contributed by atoms with van der Waals surface area (Å²) in [5.74, 6) is 0. The molecule has 0 bridgehead atoms. The Bertz CT molecular complexity index is 374. The molecule has 0 radical (unpaired) electrons. The highest BCUT2D eigenvalue weighted by atomic mass is 31.2. The van der Waals surface area contributed by atoms with Crippen LogP contribution >= 0.6 is 7.82 Å². The number of hydrogen-bond donors (Lipinski definition) is 6. The lowest BCUT2D eigenvalue weighted by molar-refractivity contribution is -0.231. The molecule has 6 atom stereocenters. The normalized spacial score (nSPS) is 36.5. The maximum Gasteiger partial charge on any atom is 0.470 e. The molecule has 0 amide bonds. The van der Waals surface area contributed by atoms with Gasteiger partial charge in [0.1, 0.15) is 36.6 Å². The fourth-order valence-electron chi connectivity index (χ4n) is 2.40. The van der Waals surface area contributed by atoms with E-state index >= 15 is 0 Å². The van der Waals surface area contributed by atoms with Crippen LogP contribution in [0.15, 0.2) is 0 Å². The highest BCUT2D eigenvalue weighted by Gasteiger charge is 2.52. The molecule has 1 rings (SSSR count). The molecule has 0 aromatic carbocycles. The summed E-state index contributed by atoms with van der Waals surface area (Å²) in [7, 11) is -4.98. The molecule has 10 heteroatoms. The summed E-state index contributed by atoms with van der Waals surface area (Å²) in [6.07, 6.45) is -6.43. The van der Waals surface area contributed by atoms with E-state index in [4.69, 9.17) is 14.5 Å². The van der Waals surface area contributed by atoms with Crippen LogP contribution in [0.4, 0.5) is 0 Å². The van der Waals surface area contributed by atoms with Gasteiger partial charge in [0, 0.05) is 6.61 Å². The first-order valence-electron chi connectivity index (χ1n) is 7.27. The number of phosphoric ester groups is 1. The average Bonchev–Trinajstić information content (AvgIpc) is 2.44. The van der Waals surface area contributed by atoms with Gasteiger partial charge in [0.05, 0.1) is 0 Å². The lowest BCUT2D eigenvalue weighted by atomic mass is 9.85. The minimum atomic E-state index is -4.98. The predicted molar refractivity (Wildman–Crippen MR) is 74.8 cm³/mol. The number of unbranched alkanes of at least 4 members (excludes halogenated alkanes) is 3. The molecule has 132 valence electrons. The Kier molecular flexibility index (Phi) is 7.87. The Morgan fingerprint density at radius 2 is 1.41 bits per heavy atom. The number of aliphatic hydroxyl groups excluding tert-OH is 4. The van der Waals surface area contributed by atoms with E-state index in [9.17, 15) is 25.0 Å². The molecule has 0 aromatic heterocycles. The van der Waals surface area contributed by atoms with Crippen LogP contribution in [-0.4, -0.2) is 73.4 Å². The van der Waals surface area contributed by atoms with E-state index in [1.165, 1.54) is 0 Å². The molecule has 0 spiro atoms. The van der Waals surface area contributed by atoms with Crippen molar-refractivity contribution in [1.29, 1.82) is 0 Å². The maximum atomic E-state index is 11.0. The largest absolute Gasteiger partial charge is 0.470 e. The summed E-state index contributed by atoms with van der Waals surface area (Å²) in [5.41, 5.74) is 0. The number of ether oxygens (including phenoxy) is 1. The summed E-state index contributed by atoms with van der Waals surface area (Å²) in [4.78, 5) is 17.8.